The Morgan fingerprint density at radius 2 is 1.67 bits per heavy atom. The highest BCUT2D eigenvalue weighted by atomic mass is 16.5. The second kappa shape index (κ2) is 7.88. The van der Waals surface area contributed by atoms with Crippen molar-refractivity contribution in [1.29, 1.82) is 5.26 Å². The van der Waals surface area contributed by atoms with E-state index in [2.05, 4.69) is 11.4 Å². The molecule has 0 bridgehead atoms. The van der Waals surface area contributed by atoms with Crippen molar-refractivity contribution in [2.75, 3.05) is 21.3 Å². The predicted molar refractivity (Wildman–Crippen MR) is 88.4 cm³/mol. The first-order valence-corrected chi connectivity index (χ1v) is 7.20. The van der Waals surface area contributed by atoms with Crippen LogP contribution in [0.5, 0.6) is 17.2 Å². The molecule has 0 unspecified atom stereocenters. The van der Waals surface area contributed by atoms with Gasteiger partial charge in [-0.25, -0.2) is 0 Å². The first-order chi connectivity index (χ1) is 11.6. The number of nitrogens with zero attached hydrogens (tertiary/aromatic N) is 1. The summed E-state index contributed by atoms with van der Waals surface area (Å²) in [6.45, 7) is 0.335. The van der Waals surface area contributed by atoms with Crippen LogP contribution in [0.2, 0.25) is 0 Å². The fraction of sp³-hybridized carbons (Fsp3) is 0.222. The number of carbonyl (C=O) groups excluding carboxylic acids is 1. The molecule has 0 aliphatic heterocycles. The van der Waals surface area contributed by atoms with E-state index in [1.807, 2.05) is 0 Å². The molecule has 6 heteroatoms. The number of rotatable bonds is 6. The molecule has 2 aromatic carbocycles. The number of nitrogens with one attached hydrogen (secondary N) is 1. The molecule has 0 aromatic heterocycles. The Labute approximate surface area is 140 Å². The summed E-state index contributed by atoms with van der Waals surface area (Å²) in [5, 5.41) is 11.6. The summed E-state index contributed by atoms with van der Waals surface area (Å²) in [4.78, 5) is 12.4. The Bertz CT molecular complexity index is 764. The molecule has 0 heterocycles. The van der Waals surface area contributed by atoms with Gasteiger partial charge in [-0.05, 0) is 29.8 Å². The van der Waals surface area contributed by atoms with Crippen LogP contribution in [0.15, 0.2) is 36.4 Å². The molecule has 6 nitrogen and oxygen atoms in total. The third kappa shape index (κ3) is 3.58. The molecule has 0 radical (unpaired) electrons. The highest BCUT2D eigenvalue weighted by molar-refractivity contribution is 5.98. The van der Waals surface area contributed by atoms with Crippen LogP contribution < -0.4 is 19.5 Å². The third-order valence-electron chi connectivity index (χ3n) is 3.48. The van der Waals surface area contributed by atoms with Crippen molar-refractivity contribution in [3.05, 3.63) is 53.1 Å². The molecule has 24 heavy (non-hydrogen) atoms. The van der Waals surface area contributed by atoms with Crippen LogP contribution >= 0.6 is 0 Å². The Kier molecular flexibility index (Phi) is 5.63. The number of hydrogen-bond acceptors (Lipinski definition) is 5. The van der Waals surface area contributed by atoms with E-state index in [9.17, 15) is 4.79 Å². The lowest BCUT2D eigenvalue weighted by Gasteiger charge is -2.15. The van der Waals surface area contributed by atoms with E-state index < -0.39 is 0 Å². The van der Waals surface area contributed by atoms with Gasteiger partial charge >= 0.3 is 0 Å². The minimum absolute atomic E-state index is 0.294. The molecule has 1 amide bonds. The number of nitriles is 1. The summed E-state index contributed by atoms with van der Waals surface area (Å²) in [5.41, 5.74) is 1.82. The van der Waals surface area contributed by atoms with Crippen molar-refractivity contribution in [2.24, 2.45) is 0 Å². The Hall–Kier alpha value is -3.20. The van der Waals surface area contributed by atoms with Gasteiger partial charge < -0.3 is 19.5 Å². The average molecular weight is 326 g/mol. The van der Waals surface area contributed by atoms with E-state index in [1.54, 1.807) is 36.4 Å². The van der Waals surface area contributed by atoms with Crippen molar-refractivity contribution in [3.8, 4) is 23.3 Å². The number of benzene rings is 2. The van der Waals surface area contributed by atoms with Gasteiger partial charge in [0.05, 0.1) is 38.5 Å². The van der Waals surface area contributed by atoms with E-state index in [4.69, 9.17) is 19.5 Å². The maximum absolute atomic E-state index is 12.4. The zero-order valence-corrected chi connectivity index (χ0v) is 13.8. The molecular weight excluding hydrogens is 308 g/mol. The summed E-state index contributed by atoms with van der Waals surface area (Å²) in [6, 6.07) is 12.3. The lowest BCUT2D eigenvalue weighted by Crippen LogP contribution is -2.23. The van der Waals surface area contributed by atoms with E-state index in [-0.39, 0.29) is 5.91 Å². The standard InChI is InChI=1S/C18H18N2O4/c1-22-15-9-8-14(16(23-2)17(15)24-3)18(21)20-11-13-6-4-12(10-19)5-7-13/h4-9H,11H2,1-3H3,(H,20,21). The van der Waals surface area contributed by atoms with Gasteiger partial charge in [-0.2, -0.15) is 5.26 Å². The monoisotopic (exact) mass is 326 g/mol. The maximum atomic E-state index is 12.4. The lowest BCUT2D eigenvalue weighted by molar-refractivity contribution is 0.0947. The van der Waals surface area contributed by atoms with Crippen LogP contribution in [-0.4, -0.2) is 27.2 Å². The van der Waals surface area contributed by atoms with Gasteiger partial charge in [0.2, 0.25) is 5.75 Å². The zero-order valence-electron chi connectivity index (χ0n) is 13.8. The van der Waals surface area contributed by atoms with Crippen molar-refractivity contribution < 1.29 is 19.0 Å². The van der Waals surface area contributed by atoms with Crippen LogP contribution in [0.1, 0.15) is 21.5 Å². The minimum atomic E-state index is -0.294. The fourth-order valence-corrected chi connectivity index (χ4v) is 2.25. The third-order valence-corrected chi connectivity index (χ3v) is 3.48. The molecular formula is C18H18N2O4. The van der Waals surface area contributed by atoms with Gasteiger partial charge in [0.15, 0.2) is 11.5 Å². The zero-order chi connectivity index (χ0) is 17.5. The summed E-state index contributed by atoms with van der Waals surface area (Å²) in [5.74, 6) is 0.871. The largest absolute Gasteiger partial charge is 0.493 e. The molecule has 2 aromatic rings. The van der Waals surface area contributed by atoms with E-state index >= 15 is 0 Å². The van der Waals surface area contributed by atoms with Gasteiger partial charge in [0.25, 0.3) is 5.91 Å². The molecule has 124 valence electrons. The van der Waals surface area contributed by atoms with E-state index in [1.165, 1.54) is 21.3 Å². The number of ether oxygens (including phenoxy) is 3. The van der Waals surface area contributed by atoms with Crippen molar-refractivity contribution in [1.82, 2.24) is 5.32 Å². The van der Waals surface area contributed by atoms with E-state index in [0.717, 1.165) is 5.56 Å². The average Bonchev–Trinajstić information content (AvgIpc) is 2.64. The number of carbonyl (C=O) groups is 1. The molecule has 0 aliphatic rings. The van der Waals surface area contributed by atoms with Gasteiger partial charge in [-0.3, -0.25) is 4.79 Å². The van der Waals surface area contributed by atoms with E-state index in [0.29, 0.717) is 34.9 Å². The predicted octanol–water partition coefficient (Wildman–Crippen LogP) is 2.51. The molecule has 0 fully saturated rings. The summed E-state index contributed by atoms with van der Waals surface area (Å²) in [7, 11) is 4.47. The second-order valence-electron chi connectivity index (χ2n) is 4.87. The molecule has 0 aliphatic carbocycles. The normalized spacial score (nSPS) is 9.75. The summed E-state index contributed by atoms with van der Waals surface area (Å²) >= 11 is 0. The number of methoxy groups -OCH3 is 3. The van der Waals surface area contributed by atoms with Gasteiger partial charge in [-0.15, -0.1) is 0 Å². The van der Waals surface area contributed by atoms with Gasteiger partial charge in [-0.1, -0.05) is 12.1 Å². The highest BCUT2D eigenvalue weighted by Gasteiger charge is 2.20. The number of hydrogen-bond donors (Lipinski definition) is 1. The van der Waals surface area contributed by atoms with Crippen molar-refractivity contribution >= 4 is 5.91 Å². The molecule has 1 N–H and O–H groups in total. The second-order valence-corrected chi connectivity index (χ2v) is 4.87. The van der Waals surface area contributed by atoms with Crippen molar-refractivity contribution in [2.45, 2.75) is 6.54 Å². The minimum Gasteiger partial charge on any atom is -0.493 e. The lowest BCUT2D eigenvalue weighted by atomic mass is 10.1. The summed E-state index contributed by atoms with van der Waals surface area (Å²) in [6.07, 6.45) is 0. The topological polar surface area (TPSA) is 80.6 Å². The maximum Gasteiger partial charge on any atom is 0.255 e. The number of amides is 1. The Balaban J connectivity index is 2.18. The first kappa shape index (κ1) is 17.2. The highest BCUT2D eigenvalue weighted by Crippen LogP contribution is 2.39. The molecule has 2 rings (SSSR count). The van der Waals surface area contributed by atoms with Crippen LogP contribution in [0, 0.1) is 11.3 Å². The molecule has 0 spiro atoms. The molecule has 0 saturated heterocycles. The fourth-order valence-electron chi connectivity index (χ4n) is 2.25. The van der Waals surface area contributed by atoms with Crippen molar-refractivity contribution in [3.63, 3.8) is 0 Å². The quantitative estimate of drug-likeness (QED) is 0.882. The van der Waals surface area contributed by atoms with Crippen LogP contribution in [0.3, 0.4) is 0 Å². The molecule has 0 saturated carbocycles. The van der Waals surface area contributed by atoms with Crippen LogP contribution in [-0.2, 0) is 6.54 Å². The Morgan fingerprint density at radius 1 is 1.00 bits per heavy atom. The smallest absolute Gasteiger partial charge is 0.255 e. The summed E-state index contributed by atoms with van der Waals surface area (Å²) < 4.78 is 15.8. The Morgan fingerprint density at radius 3 is 2.21 bits per heavy atom. The van der Waals surface area contributed by atoms with Gasteiger partial charge in [0.1, 0.15) is 0 Å². The van der Waals surface area contributed by atoms with Crippen LogP contribution in [0.25, 0.3) is 0 Å². The SMILES string of the molecule is COc1ccc(C(=O)NCc2ccc(C#N)cc2)c(OC)c1OC. The van der Waals surface area contributed by atoms with Gasteiger partial charge in [0, 0.05) is 6.54 Å². The first-order valence-electron chi connectivity index (χ1n) is 7.20. The van der Waals surface area contributed by atoms with Crippen LogP contribution in [0.4, 0.5) is 0 Å². The molecule has 0 atom stereocenters.